The molecule has 0 aliphatic heterocycles. The fourth-order valence-corrected chi connectivity index (χ4v) is 2.13. The minimum Gasteiger partial charge on any atom is -0.364 e. The molecule has 0 bridgehead atoms. The van der Waals surface area contributed by atoms with Gasteiger partial charge >= 0.3 is 0 Å². The van der Waals surface area contributed by atoms with Crippen LogP contribution in [0.1, 0.15) is 32.7 Å². The number of rotatable bonds is 1. The average molecular weight is 216 g/mol. The lowest BCUT2D eigenvalue weighted by atomic mass is 9.96. The van der Waals surface area contributed by atoms with E-state index in [1.54, 1.807) is 0 Å². The summed E-state index contributed by atoms with van der Waals surface area (Å²) in [5, 5.41) is 1.09. The van der Waals surface area contributed by atoms with Crippen molar-refractivity contribution in [1.82, 2.24) is 4.98 Å². The van der Waals surface area contributed by atoms with E-state index in [-0.39, 0.29) is 0 Å². The van der Waals surface area contributed by atoms with Gasteiger partial charge in [0.2, 0.25) is 0 Å². The second kappa shape index (κ2) is 3.37. The smallest absolute Gasteiger partial charge is 0.265 e. The number of primary amides is 1. The van der Waals surface area contributed by atoms with Gasteiger partial charge in [0.1, 0.15) is 5.69 Å². The summed E-state index contributed by atoms with van der Waals surface area (Å²) in [4.78, 5) is 14.3. The molecule has 16 heavy (non-hydrogen) atoms. The van der Waals surface area contributed by atoms with Crippen molar-refractivity contribution in [1.29, 1.82) is 0 Å². The summed E-state index contributed by atoms with van der Waals surface area (Å²) in [7, 11) is 0. The summed E-state index contributed by atoms with van der Waals surface area (Å²) in [5.41, 5.74) is 11.7. The van der Waals surface area contributed by atoms with Gasteiger partial charge in [-0.25, -0.2) is 0 Å². The van der Waals surface area contributed by atoms with Crippen LogP contribution in [-0.2, 0) is 0 Å². The van der Waals surface area contributed by atoms with Crippen LogP contribution in [0.25, 0.3) is 10.9 Å². The summed E-state index contributed by atoms with van der Waals surface area (Å²) < 4.78 is 0. The number of hydrogen-bond acceptors (Lipinski definition) is 1. The Morgan fingerprint density at radius 3 is 2.19 bits per heavy atom. The lowest BCUT2D eigenvalue weighted by Crippen LogP contribution is -2.10. The Kier molecular flexibility index (Phi) is 2.26. The number of nitrogens with one attached hydrogen (secondary N) is 1. The number of fused-ring (bicyclic) bond motifs is 1. The molecule has 3 nitrogen and oxygen atoms in total. The first-order valence-electron chi connectivity index (χ1n) is 5.32. The number of aromatic nitrogens is 1. The van der Waals surface area contributed by atoms with E-state index < -0.39 is 5.91 Å². The van der Waals surface area contributed by atoms with Crippen molar-refractivity contribution in [3.8, 4) is 0 Å². The molecular formula is C13H16N2O. The van der Waals surface area contributed by atoms with E-state index in [9.17, 15) is 4.79 Å². The van der Waals surface area contributed by atoms with Crippen LogP contribution >= 0.6 is 0 Å². The van der Waals surface area contributed by atoms with E-state index in [0.717, 1.165) is 10.9 Å². The number of amides is 1. The molecule has 84 valence electrons. The highest BCUT2D eigenvalue weighted by Gasteiger charge is 2.13. The van der Waals surface area contributed by atoms with Crippen LogP contribution in [-0.4, -0.2) is 10.9 Å². The second-order valence-corrected chi connectivity index (χ2v) is 4.34. The molecule has 0 aliphatic rings. The van der Waals surface area contributed by atoms with Crippen molar-refractivity contribution < 1.29 is 4.79 Å². The molecule has 2 aromatic rings. The monoisotopic (exact) mass is 216 g/mol. The molecule has 0 unspecified atom stereocenters. The third-order valence-corrected chi connectivity index (χ3v) is 3.55. The molecule has 0 aliphatic carbocycles. The molecule has 0 fully saturated rings. The Morgan fingerprint density at radius 2 is 1.62 bits per heavy atom. The molecule has 3 N–H and O–H groups in total. The van der Waals surface area contributed by atoms with Gasteiger partial charge < -0.3 is 10.7 Å². The quantitative estimate of drug-likeness (QED) is 0.756. The SMILES string of the molecule is Cc1c(C)c(C)c2[nH]c(C(N)=O)cc2c1C. The first-order valence-corrected chi connectivity index (χ1v) is 5.32. The zero-order chi connectivity index (χ0) is 12.0. The largest absolute Gasteiger partial charge is 0.364 e. The predicted octanol–water partition coefficient (Wildman–Crippen LogP) is 2.50. The number of H-pyrrole nitrogens is 1. The van der Waals surface area contributed by atoms with Crippen molar-refractivity contribution >= 4 is 16.8 Å². The predicted molar refractivity (Wildman–Crippen MR) is 65.8 cm³/mol. The summed E-state index contributed by atoms with van der Waals surface area (Å²) in [5.74, 6) is -0.412. The minimum atomic E-state index is -0.412. The number of carbonyl (C=O) groups excluding carboxylic acids is 1. The van der Waals surface area contributed by atoms with E-state index >= 15 is 0 Å². The minimum absolute atomic E-state index is 0.412. The standard InChI is InChI=1S/C13H16N2O/c1-6-7(2)9(4)12-10(8(6)3)5-11(15-12)13(14)16/h5,15H,1-4H3,(H2,14,16). The Hall–Kier alpha value is -1.77. The zero-order valence-electron chi connectivity index (χ0n) is 10.1. The first-order chi connectivity index (χ1) is 7.43. The topological polar surface area (TPSA) is 58.9 Å². The Labute approximate surface area is 94.6 Å². The number of hydrogen-bond donors (Lipinski definition) is 2. The van der Waals surface area contributed by atoms with Gasteiger partial charge in [0.15, 0.2) is 0 Å². The summed E-state index contributed by atoms with van der Waals surface area (Å²) in [6.45, 7) is 8.34. The maximum Gasteiger partial charge on any atom is 0.265 e. The van der Waals surface area contributed by atoms with Crippen molar-refractivity contribution in [2.75, 3.05) is 0 Å². The Balaban J connectivity index is 2.92. The van der Waals surface area contributed by atoms with E-state index in [2.05, 4.69) is 32.7 Å². The van der Waals surface area contributed by atoms with Gasteiger partial charge in [0.25, 0.3) is 5.91 Å². The van der Waals surface area contributed by atoms with Crippen LogP contribution in [0.15, 0.2) is 6.07 Å². The third-order valence-electron chi connectivity index (χ3n) is 3.55. The molecule has 3 heteroatoms. The maximum atomic E-state index is 11.2. The molecule has 1 aromatic carbocycles. The maximum absolute atomic E-state index is 11.2. The normalized spacial score (nSPS) is 11.0. The number of carbonyl (C=O) groups is 1. The average Bonchev–Trinajstić information content (AvgIpc) is 2.68. The van der Waals surface area contributed by atoms with Gasteiger partial charge in [-0.05, 0) is 56.0 Å². The number of nitrogens with two attached hydrogens (primary N) is 1. The van der Waals surface area contributed by atoms with Crippen LogP contribution in [0.5, 0.6) is 0 Å². The van der Waals surface area contributed by atoms with E-state index in [0.29, 0.717) is 5.69 Å². The van der Waals surface area contributed by atoms with Crippen LogP contribution < -0.4 is 5.73 Å². The molecule has 0 saturated heterocycles. The van der Waals surface area contributed by atoms with Gasteiger partial charge in [-0.1, -0.05) is 0 Å². The lowest BCUT2D eigenvalue weighted by Gasteiger charge is -2.10. The fraction of sp³-hybridized carbons (Fsp3) is 0.308. The summed E-state index contributed by atoms with van der Waals surface area (Å²) in [6.07, 6.45) is 0. The van der Waals surface area contributed by atoms with E-state index in [4.69, 9.17) is 5.73 Å². The van der Waals surface area contributed by atoms with E-state index in [1.807, 2.05) is 6.07 Å². The third kappa shape index (κ3) is 1.32. The molecule has 1 aromatic heterocycles. The van der Waals surface area contributed by atoms with E-state index in [1.165, 1.54) is 22.3 Å². The van der Waals surface area contributed by atoms with Crippen molar-refractivity contribution in [3.63, 3.8) is 0 Å². The van der Waals surface area contributed by atoms with Crippen LogP contribution in [0, 0.1) is 27.7 Å². The second-order valence-electron chi connectivity index (χ2n) is 4.34. The first kappa shape index (κ1) is 10.7. The van der Waals surface area contributed by atoms with Crippen molar-refractivity contribution in [2.45, 2.75) is 27.7 Å². The number of aromatic amines is 1. The molecule has 1 heterocycles. The highest BCUT2D eigenvalue weighted by molar-refractivity contribution is 5.99. The summed E-state index contributed by atoms with van der Waals surface area (Å²) >= 11 is 0. The summed E-state index contributed by atoms with van der Waals surface area (Å²) in [6, 6.07) is 1.84. The Bertz CT molecular complexity index is 549. The van der Waals surface area contributed by atoms with Gasteiger partial charge in [0.05, 0.1) is 0 Å². The van der Waals surface area contributed by atoms with Crippen molar-refractivity contribution in [3.05, 3.63) is 34.0 Å². The number of benzene rings is 1. The van der Waals surface area contributed by atoms with Gasteiger partial charge in [0, 0.05) is 10.9 Å². The zero-order valence-corrected chi connectivity index (χ0v) is 10.1. The molecule has 0 saturated carbocycles. The van der Waals surface area contributed by atoms with Crippen LogP contribution in [0.4, 0.5) is 0 Å². The Morgan fingerprint density at radius 1 is 1.06 bits per heavy atom. The molecule has 0 atom stereocenters. The number of aryl methyl sites for hydroxylation is 2. The molecular weight excluding hydrogens is 200 g/mol. The van der Waals surface area contributed by atoms with Gasteiger partial charge in [-0.15, -0.1) is 0 Å². The molecule has 1 amide bonds. The van der Waals surface area contributed by atoms with Gasteiger partial charge in [-0.3, -0.25) is 4.79 Å². The van der Waals surface area contributed by atoms with Crippen molar-refractivity contribution in [2.24, 2.45) is 5.73 Å². The molecule has 0 radical (unpaired) electrons. The highest BCUT2D eigenvalue weighted by atomic mass is 16.1. The highest BCUT2D eigenvalue weighted by Crippen LogP contribution is 2.29. The molecule has 0 spiro atoms. The lowest BCUT2D eigenvalue weighted by molar-refractivity contribution is 0.0996. The van der Waals surface area contributed by atoms with Crippen LogP contribution in [0.2, 0.25) is 0 Å². The van der Waals surface area contributed by atoms with Crippen LogP contribution in [0.3, 0.4) is 0 Å². The fourth-order valence-electron chi connectivity index (χ4n) is 2.13. The molecule has 2 rings (SSSR count). The van der Waals surface area contributed by atoms with Gasteiger partial charge in [-0.2, -0.15) is 0 Å².